The van der Waals surface area contributed by atoms with Crippen molar-refractivity contribution in [3.63, 3.8) is 0 Å². The van der Waals surface area contributed by atoms with Crippen LogP contribution >= 0.6 is 0 Å². The summed E-state index contributed by atoms with van der Waals surface area (Å²) < 4.78 is 11.1. The zero-order chi connectivity index (χ0) is 24.0. The summed E-state index contributed by atoms with van der Waals surface area (Å²) in [5.74, 6) is 1.25. The van der Waals surface area contributed by atoms with E-state index < -0.39 is 6.04 Å². The van der Waals surface area contributed by atoms with Gasteiger partial charge < -0.3 is 25.0 Å². The molecular formula is C28H32N4O3. The topological polar surface area (TPSA) is 66.1 Å². The van der Waals surface area contributed by atoms with Crippen LogP contribution in [0.2, 0.25) is 0 Å². The number of piperazine rings is 1. The van der Waals surface area contributed by atoms with Crippen molar-refractivity contribution in [2.75, 3.05) is 54.9 Å². The van der Waals surface area contributed by atoms with Gasteiger partial charge in [0, 0.05) is 55.9 Å². The number of fused-ring (bicyclic) bond motifs is 1. The van der Waals surface area contributed by atoms with Crippen molar-refractivity contribution in [3.05, 3.63) is 78.4 Å². The fourth-order valence-corrected chi connectivity index (χ4v) is 4.46. The van der Waals surface area contributed by atoms with E-state index in [1.807, 2.05) is 31.2 Å². The largest absolute Gasteiger partial charge is 0.486 e. The minimum Gasteiger partial charge on any atom is -0.486 e. The van der Waals surface area contributed by atoms with Crippen LogP contribution in [-0.2, 0) is 11.3 Å². The molecule has 0 saturated carbocycles. The van der Waals surface area contributed by atoms with Crippen molar-refractivity contribution in [1.29, 1.82) is 0 Å². The number of hydrogen-bond donors (Lipinski definition) is 2. The summed E-state index contributed by atoms with van der Waals surface area (Å²) in [7, 11) is 0. The van der Waals surface area contributed by atoms with E-state index in [4.69, 9.17) is 9.47 Å². The highest BCUT2D eigenvalue weighted by molar-refractivity contribution is 5.96. The van der Waals surface area contributed by atoms with E-state index in [0.717, 1.165) is 38.4 Å². The zero-order valence-electron chi connectivity index (χ0n) is 20.1. The average molecular weight is 473 g/mol. The van der Waals surface area contributed by atoms with Gasteiger partial charge in [-0.3, -0.25) is 9.69 Å². The lowest BCUT2D eigenvalue weighted by Crippen LogP contribution is -2.45. The molecule has 3 aromatic rings. The lowest BCUT2D eigenvalue weighted by molar-refractivity contribution is -0.116. The van der Waals surface area contributed by atoms with E-state index in [0.29, 0.717) is 30.4 Å². The number of nitrogens with one attached hydrogen (secondary N) is 2. The minimum absolute atomic E-state index is 0.111. The summed E-state index contributed by atoms with van der Waals surface area (Å²) in [5, 5.41) is 6.24. The molecule has 1 amide bonds. The Kier molecular flexibility index (Phi) is 7.04. The predicted molar refractivity (Wildman–Crippen MR) is 140 cm³/mol. The second kappa shape index (κ2) is 10.7. The number of carbonyl (C=O) groups is 1. The molecule has 3 aromatic carbocycles. The van der Waals surface area contributed by atoms with Gasteiger partial charge in [-0.2, -0.15) is 0 Å². The van der Waals surface area contributed by atoms with E-state index in [-0.39, 0.29) is 5.91 Å². The summed E-state index contributed by atoms with van der Waals surface area (Å²) in [6.07, 6.45) is 0. The molecule has 0 radical (unpaired) electrons. The van der Waals surface area contributed by atoms with Crippen molar-refractivity contribution in [1.82, 2.24) is 4.90 Å². The number of rotatable bonds is 7. The molecule has 2 heterocycles. The molecule has 1 unspecified atom stereocenters. The van der Waals surface area contributed by atoms with Crippen LogP contribution in [-0.4, -0.2) is 56.2 Å². The van der Waals surface area contributed by atoms with Gasteiger partial charge in [-0.1, -0.05) is 30.3 Å². The second-order valence-corrected chi connectivity index (χ2v) is 9.01. The number of benzene rings is 3. The molecule has 7 nitrogen and oxygen atoms in total. The highest BCUT2D eigenvalue weighted by Crippen LogP contribution is 2.32. The second-order valence-electron chi connectivity index (χ2n) is 9.01. The van der Waals surface area contributed by atoms with Gasteiger partial charge >= 0.3 is 0 Å². The first-order valence-corrected chi connectivity index (χ1v) is 12.2. The third-order valence-corrected chi connectivity index (χ3v) is 6.44. The Morgan fingerprint density at radius 3 is 2.29 bits per heavy atom. The number of amides is 1. The van der Waals surface area contributed by atoms with Crippen LogP contribution in [0.15, 0.2) is 72.8 Å². The molecule has 1 atom stereocenters. The van der Waals surface area contributed by atoms with E-state index in [1.54, 1.807) is 6.07 Å². The summed E-state index contributed by atoms with van der Waals surface area (Å²) in [6.45, 7) is 8.03. The number of hydrogen-bond acceptors (Lipinski definition) is 6. The number of ether oxygens (including phenoxy) is 2. The van der Waals surface area contributed by atoms with E-state index >= 15 is 0 Å². The van der Waals surface area contributed by atoms with Crippen LogP contribution in [0.4, 0.5) is 17.1 Å². The van der Waals surface area contributed by atoms with Gasteiger partial charge in [0.2, 0.25) is 5.91 Å². The molecule has 182 valence electrons. The maximum Gasteiger partial charge on any atom is 0.246 e. The van der Waals surface area contributed by atoms with Crippen LogP contribution in [0.3, 0.4) is 0 Å². The summed E-state index contributed by atoms with van der Waals surface area (Å²) >= 11 is 0. The Morgan fingerprint density at radius 2 is 1.54 bits per heavy atom. The quantitative estimate of drug-likeness (QED) is 0.537. The first-order chi connectivity index (χ1) is 17.1. The lowest BCUT2D eigenvalue weighted by Gasteiger charge is -2.36. The Labute approximate surface area is 206 Å². The first-order valence-electron chi connectivity index (χ1n) is 12.2. The average Bonchev–Trinajstić information content (AvgIpc) is 2.90. The van der Waals surface area contributed by atoms with Gasteiger partial charge in [-0.15, -0.1) is 0 Å². The van der Waals surface area contributed by atoms with Gasteiger partial charge in [-0.25, -0.2) is 0 Å². The molecule has 2 N–H and O–H groups in total. The van der Waals surface area contributed by atoms with Crippen molar-refractivity contribution < 1.29 is 14.3 Å². The summed E-state index contributed by atoms with van der Waals surface area (Å²) in [4.78, 5) is 17.6. The highest BCUT2D eigenvalue weighted by Gasteiger charge is 2.19. The fraction of sp³-hybridized carbons (Fsp3) is 0.321. The highest BCUT2D eigenvalue weighted by atomic mass is 16.6. The number of anilines is 3. The molecule has 1 fully saturated rings. The Hall–Kier alpha value is -3.71. The van der Waals surface area contributed by atoms with Crippen LogP contribution < -0.4 is 25.0 Å². The Bertz CT molecular complexity index is 1130. The van der Waals surface area contributed by atoms with Crippen molar-refractivity contribution in [2.45, 2.75) is 19.5 Å². The maximum absolute atomic E-state index is 12.7. The molecule has 1 saturated heterocycles. The Balaban J connectivity index is 1.10. The predicted octanol–water partition coefficient (Wildman–Crippen LogP) is 4.22. The molecule has 0 aromatic heterocycles. The molecule has 5 rings (SSSR count). The standard InChI is InChI=1S/C28H32N4O3/c1-21(28(33)30-24-9-12-26-27(19-24)35-18-17-34-26)29-23-7-10-25(11-8-23)32-15-13-31(14-16-32)20-22-5-3-2-4-6-22/h2-12,19,21,29H,13-18,20H2,1H3,(H,30,33). The van der Waals surface area contributed by atoms with Crippen LogP contribution in [0.5, 0.6) is 11.5 Å². The van der Waals surface area contributed by atoms with E-state index in [9.17, 15) is 4.79 Å². The molecule has 0 spiro atoms. The van der Waals surface area contributed by atoms with Gasteiger partial charge in [0.25, 0.3) is 0 Å². The van der Waals surface area contributed by atoms with Gasteiger partial charge in [0.05, 0.1) is 0 Å². The molecule has 0 aliphatic carbocycles. The third-order valence-electron chi connectivity index (χ3n) is 6.44. The van der Waals surface area contributed by atoms with Crippen LogP contribution in [0.1, 0.15) is 12.5 Å². The molecule has 7 heteroatoms. The molecular weight excluding hydrogens is 440 g/mol. The monoisotopic (exact) mass is 472 g/mol. The molecule has 0 bridgehead atoms. The summed E-state index contributed by atoms with van der Waals surface area (Å²) in [6, 6.07) is 24.0. The SMILES string of the molecule is CC(Nc1ccc(N2CCN(Cc3ccccc3)CC2)cc1)C(=O)Nc1ccc2c(c1)OCCO2. The lowest BCUT2D eigenvalue weighted by atomic mass is 10.2. The minimum atomic E-state index is -0.393. The van der Waals surface area contributed by atoms with Crippen molar-refractivity contribution in [2.24, 2.45) is 0 Å². The third kappa shape index (κ3) is 5.87. The fourth-order valence-electron chi connectivity index (χ4n) is 4.46. The van der Waals surface area contributed by atoms with Crippen LogP contribution in [0.25, 0.3) is 0 Å². The maximum atomic E-state index is 12.7. The Morgan fingerprint density at radius 1 is 0.857 bits per heavy atom. The smallest absolute Gasteiger partial charge is 0.246 e. The molecule has 2 aliphatic heterocycles. The van der Waals surface area contributed by atoms with Crippen LogP contribution in [0, 0.1) is 0 Å². The molecule has 35 heavy (non-hydrogen) atoms. The van der Waals surface area contributed by atoms with Gasteiger partial charge in [0.15, 0.2) is 11.5 Å². The summed E-state index contributed by atoms with van der Waals surface area (Å²) in [5.41, 5.74) is 4.18. The van der Waals surface area contributed by atoms with Gasteiger partial charge in [0.1, 0.15) is 19.3 Å². The molecule has 2 aliphatic rings. The van der Waals surface area contributed by atoms with E-state index in [1.165, 1.54) is 11.3 Å². The van der Waals surface area contributed by atoms with Gasteiger partial charge in [-0.05, 0) is 48.9 Å². The van der Waals surface area contributed by atoms with Crippen molar-refractivity contribution >= 4 is 23.0 Å². The van der Waals surface area contributed by atoms with E-state index in [2.05, 4.69) is 62.9 Å². The van der Waals surface area contributed by atoms with Crippen molar-refractivity contribution in [3.8, 4) is 11.5 Å². The zero-order valence-corrected chi connectivity index (χ0v) is 20.1. The number of nitrogens with zero attached hydrogens (tertiary/aromatic N) is 2. The first kappa shape index (κ1) is 23.1. The normalized spacial score (nSPS) is 16.4. The number of carbonyl (C=O) groups excluding carboxylic acids is 1.